The monoisotopic (exact) mass is 838 g/mol. The molecule has 3 N–H and O–H groups in total. The van der Waals surface area contributed by atoms with Gasteiger partial charge < -0.3 is 25.0 Å². The van der Waals surface area contributed by atoms with Crippen molar-refractivity contribution in [3.05, 3.63) is 75.7 Å². The molecule has 5 heterocycles. The molecule has 57 heavy (non-hydrogen) atoms. The van der Waals surface area contributed by atoms with Gasteiger partial charge in [0.05, 0.1) is 36.8 Å². The summed E-state index contributed by atoms with van der Waals surface area (Å²) in [6.45, 7) is 13.9. The summed E-state index contributed by atoms with van der Waals surface area (Å²) in [6.07, 6.45) is -2.78. The number of aliphatic hydroxyl groups is 1. The van der Waals surface area contributed by atoms with Crippen LogP contribution >= 0.6 is 13.5 Å². The zero-order chi connectivity index (χ0) is 40.5. The van der Waals surface area contributed by atoms with Crippen LogP contribution in [0.1, 0.15) is 100 Å². The normalized spacial score (nSPS) is 18.0. The third kappa shape index (κ3) is 8.60. The fourth-order valence-electron chi connectivity index (χ4n) is 7.23. The molecule has 0 amide bonds. The van der Waals surface area contributed by atoms with E-state index in [0.29, 0.717) is 59.7 Å². The van der Waals surface area contributed by atoms with Crippen molar-refractivity contribution >= 4 is 41.0 Å². The van der Waals surface area contributed by atoms with E-state index in [0.717, 1.165) is 9.96 Å². The number of hydrogen-bond donors (Lipinski definition) is 3. The number of aliphatic carboxylic acids is 1. The Bertz CT molecular complexity index is 2250. The molecule has 0 saturated carbocycles. The standard InChI is InChI=1S/C38H47F3N6O7S.CH4.H2S/c1-21-9-10-25(29(35(5,6)34(48)49)27-11-14-47-31(23(27)3)44-45-33(47)38(39,40)41)18-26(21)19-46-20-37(12-15-53-16-13-37)54-32-28(55(46,51)52)17-22(2)30(43-32)42-24(4)36(7,8)50;;/h9-11,14,17-18,24,29,50H,12-13,15-16,19-20H2,1-8H3,(H,42,43)(H,48,49);1H4;1H2/t24-,29-;;/m1../s1. The van der Waals surface area contributed by atoms with Crippen LogP contribution < -0.4 is 10.1 Å². The highest BCUT2D eigenvalue weighted by Crippen LogP contribution is 2.45. The molecule has 1 spiro atoms. The van der Waals surface area contributed by atoms with Gasteiger partial charge in [-0.1, -0.05) is 25.6 Å². The number of alkyl halides is 3. The van der Waals surface area contributed by atoms with Gasteiger partial charge in [0.1, 0.15) is 16.3 Å². The van der Waals surface area contributed by atoms with Crippen molar-refractivity contribution in [2.24, 2.45) is 5.41 Å². The molecule has 1 aromatic carbocycles. The lowest BCUT2D eigenvalue weighted by molar-refractivity contribution is -0.147. The fraction of sp³-hybridized carbons (Fsp3) is 0.538. The molecule has 4 aromatic rings. The molecule has 2 aliphatic rings. The van der Waals surface area contributed by atoms with Gasteiger partial charge in [-0.05, 0) is 101 Å². The highest BCUT2D eigenvalue weighted by molar-refractivity contribution is 7.89. The molecular weight excluding hydrogens is 786 g/mol. The topological polar surface area (TPSA) is 168 Å². The lowest BCUT2D eigenvalue weighted by Gasteiger charge is -2.38. The van der Waals surface area contributed by atoms with Crippen molar-refractivity contribution < 1.29 is 46.1 Å². The molecule has 13 nitrogen and oxygen atoms in total. The highest BCUT2D eigenvalue weighted by Gasteiger charge is 2.47. The number of hydrogen-bond acceptors (Lipinski definition) is 10. The number of fused-ring (bicyclic) bond motifs is 2. The molecule has 1 fully saturated rings. The minimum absolute atomic E-state index is 0. The number of benzene rings is 1. The molecule has 314 valence electrons. The molecule has 0 bridgehead atoms. The summed E-state index contributed by atoms with van der Waals surface area (Å²) < 4.78 is 84.9. The van der Waals surface area contributed by atoms with E-state index in [2.05, 4.69) is 20.5 Å². The van der Waals surface area contributed by atoms with Gasteiger partial charge >= 0.3 is 12.1 Å². The number of ether oxygens (including phenoxy) is 2. The van der Waals surface area contributed by atoms with Crippen molar-refractivity contribution in [2.75, 3.05) is 25.1 Å². The number of anilines is 1. The average molecular weight is 839 g/mol. The lowest BCUT2D eigenvalue weighted by atomic mass is 9.70. The zero-order valence-corrected chi connectivity index (χ0v) is 34.4. The summed E-state index contributed by atoms with van der Waals surface area (Å²) in [5.74, 6) is -2.91. The zero-order valence-electron chi connectivity index (χ0n) is 32.6. The first kappa shape index (κ1) is 45.7. The van der Waals surface area contributed by atoms with Crippen LogP contribution in [0.25, 0.3) is 5.65 Å². The Morgan fingerprint density at radius 1 is 1.04 bits per heavy atom. The Hall–Kier alpha value is -3.97. The molecule has 1 saturated heterocycles. The minimum atomic E-state index is -4.76. The van der Waals surface area contributed by atoms with E-state index in [1.54, 1.807) is 52.8 Å². The number of halogens is 3. The number of pyridine rings is 2. The molecule has 0 unspecified atom stereocenters. The Morgan fingerprint density at radius 3 is 2.28 bits per heavy atom. The molecule has 0 radical (unpaired) electrons. The van der Waals surface area contributed by atoms with E-state index in [1.165, 1.54) is 36.5 Å². The van der Waals surface area contributed by atoms with Gasteiger partial charge in [0.2, 0.25) is 21.7 Å². The van der Waals surface area contributed by atoms with E-state index >= 15 is 0 Å². The fourth-order valence-corrected chi connectivity index (χ4v) is 8.85. The SMILES string of the molecule is C.Cc1ccc([C@H](c2ccn3c(C(F)(F)F)nnc3c2C)C(C)(C)C(=O)O)cc1CN1CC2(CCOCC2)Oc2nc(N[C@H](C)C(C)(C)O)c(C)cc2S1(=O)=O.S. The largest absolute Gasteiger partial charge is 0.481 e. The molecule has 0 aliphatic carbocycles. The number of nitrogens with zero attached hydrogens (tertiary/aromatic N) is 5. The van der Waals surface area contributed by atoms with Gasteiger partial charge in [-0.3, -0.25) is 9.20 Å². The summed E-state index contributed by atoms with van der Waals surface area (Å²) in [7, 11) is -4.25. The maximum absolute atomic E-state index is 14.7. The van der Waals surface area contributed by atoms with E-state index in [4.69, 9.17) is 9.47 Å². The van der Waals surface area contributed by atoms with E-state index in [9.17, 15) is 36.6 Å². The van der Waals surface area contributed by atoms with Crippen molar-refractivity contribution in [3.63, 3.8) is 0 Å². The Balaban J connectivity index is 0.00000360. The van der Waals surface area contributed by atoms with E-state index in [-0.39, 0.29) is 50.4 Å². The van der Waals surface area contributed by atoms with Crippen molar-refractivity contribution in [3.8, 4) is 5.88 Å². The van der Waals surface area contributed by atoms with E-state index in [1.807, 2.05) is 6.92 Å². The van der Waals surface area contributed by atoms with Crippen LogP contribution in [-0.2, 0) is 32.3 Å². The quantitative estimate of drug-likeness (QED) is 0.163. The van der Waals surface area contributed by atoms with Gasteiger partial charge in [0.15, 0.2) is 5.65 Å². The second-order valence-electron chi connectivity index (χ2n) is 15.9. The van der Waals surface area contributed by atoms with Gasteiger partial charge in [0, 0.05) is 31.5 Å². The number of carbonyl (C=O) groups is 1. The molecular formula is C39H53F3N6O7S2. The van der Waals surface area contributed by atoms with Crippen molar-refractivity contribution in [1.82, 2.24) is 23.9 Å². The summed E-state index contributed by atoms with van der Waals surface area (Å²) in [4.78, 5) is 17.4. The first-order valence-corrected chi connectivity index (χ1v) is 19.4. The van der Waals surface area contributed by atoms with Gasteiger partial charge in [-0.15, -0.1) is 10.2 Å². The molecule has 2 atom stereocenters. The summed E-state index contributed by atoms with van der Waals surface area (Å²) in [6, 6.07) is 7.86. The number of aromatic nitrogens is 4. The summed E-state index contributed by atoms with van der Waals surface area (Å²) in [5.41, 5.74) is -0.458. The number of carboxylic acid groups (broad SMARTS) is 1. The van der Waals surface area contributed by atoms with Crippen LogP contribution in [0.2, 0.25) is 0 Å². The average Bonchev–Trinajstić information content (AvgIpc) is 3.51. The first-order valence-electron chi connectivity index (χ1n) is 18.0. The van der Waals surface area contributed by atoms with Crippen molar-refractivity contribution in [1.29, 1.82) is 0 Å². The third-order valence-corrected chi connectivity index (χ3v) is 12.9. The van der Waals surface area contributed by atoms with Crippen molar-refractivity contribution in [2.45, 2.75) is 116 Å². The van der Waals surface area contributed by atoms with Gasteiger partial charge in [0.25, 0.3) is 0 Å². The predicted molar refractivity (Wildman–Crippen MR) is 214 cm³/mol. The maximum Gasteiger partial charge on any atom is 0.452 e. The second-order valence-corrected chi connectivity index (χ2v) is 17.8. The molecule has 18 heteroatoms. The lowest BCUT2D eigenvalue weighted by Crippen LogP contribution is -2.50. The van der Waals surface area contributed by atoms with Crippen LogP contribution in [0.3, 0.4) is 0 Å². The molecule has 3 aromatic heterocycles. The Morgan fingerprint density at radius 2 is 1.68 bits per heavy atom. The summed E-state index contributed by atoms with van der Waals surface area (Å²) in [5, 5.41) is 31.4. The number of aryl methyl sites for hydroxylation is 3. The maximum atomic E-state index is 14.7. The van der Waals surface area contributed by atoms with Crippen LogP contribution in [0.15, 0.2) is 41.4 Å². The molecule has 2 aliphatic heterocycles. The highest BCUT2D eigenvalue weighted by atomic mass is 32.2. The predicted octanol–water partition coefficient (Wildman–Crippen LogP) is 6.76. The third-order valence-electron chi connectivity index (χ3n) is 11.1. The van der Waals surface area contributed by atoms with Crippen LogP contribution in [-0.4, -0.2) is 85.5 Å². The smallest absolute Gasteiger partial charge is 0.452 e. The van der Waals surface area contributed by atoms with Gasteiger partial charge in [-0.25, -0.2) is 8.42 Å². The molecule has 6 rings (SSSR count). The number of sulfonamides is 1. The van der Waals surface area contributed by atoms with Crippen LogP contribution in [0, 0.1) is 26.2 Å². The second kappa shape index (κ2) is 16.0. The van der Waals surface area contributed by atoms with Gasteiger partial charge in [-0.2, -0.15) is 36.0 Å². The number of carboxylic acids is 1. The minimum Gasteiger partial charge on any atom is -0.481 e. The first-order chi connectivity index (χ1) is 25.5. The van der Waals surface area contributed by atoms with Crippen LogP contribution in [0.5, 0.6) is 5.88 Å². The van der Waals surface area contributed by atoms with Crippen LogP contribution in [0.4, 0.5) is 19.0 Å². The number of nitrogens with one attached hydrogen (secondary N) is 1. The number of rotatable bonds is 9. The Labute approximate surface area is 338 Å². The summed E-state index contributed by atoms with van der Waals surface area (Å²) >= 11 is 0. The van der Waals surface area contributed by atoms with E-state index < -0.39 is 56.6 Å². The Kier molecular flexibility index (Phi) is 12.8.